The Hall–Kier alpha value is -1.54. The molecule has 0 aromatic rings. The van der Waals surface area contributed by atoms with Crippen LogP contribution in [-0.4, -0.2) is 73.4 Å². The van der Waals surface area contributed by atoms with Gasteiger partial charge in [0.25, 0.3) is 0 Å². The molecule has 1 amide bonds. The van der Waals surface area contributed by atoms with Crippen molar-refractivity contribution in [2.24, 2.45) is 0 Å². The average Bonchev–Trinajstić information content (AvgIpc) is 3.16. The molecule has 0 heterocycles. The van der Waals surface area contributed by atoms with Crippen LogP contribution < -0.4 is 5.32 Å². The number of rotatable bonds is 42. The molecule has 3 atom stereocenters. The van der Waals surface area contributed by atoms with Gasteiger partial charge in [-0.25, -0.2) is 4.57 Å². The lowest BCUT2D eigenvalue weighted by molar-refractivity contribution is -0.870. The van der Waals surface area contributed by atoms with E-state index < -0.39 is 20.0 Å². The van der Waals surface area contributed by atoms with Gasteiger partial charge in [0.15, 0.2) is 0 Å². The fraction of sp³-hybridized carbons (Fsp3) is 0.812. The minimum Gasteiger partial charge on any atom is -0.387 e. The van der Waals surface area contributed by atoms with E-state index in [4.69, 9.17) is 9.05 Å². The molecule has 3 N–H and O–H groups in total. The highest BCUT2D eigenvalue weighted by Crippen LogP contribution is 2.43. The molecule has 0 rings (SSSR count). The van der Waals surface area contributed by atoms with Crippen molar-refractivity contribution < 1.29 is 32.9 Å². The van der Waals surface area contributed by atoms with Crippen molar-refractivity contribution in [3.8, 4) is 0 Å². The lowest BCUT2D eigenvalue weighted by atomic mass is 10.0. The van der Waals surface area contributed by atoms with Crippen LogP contribution in [0.4, 0.5) is 0 Å². The van der Waals surface area contributed by atoms with Crippen LogP contribution in [0, 0.1) is 0 Å². The molecule has 334 valence electrons. The summed E-state index contributed by atoms with van der Waals surface area (Å²) in [6, 6.07) is -0.867. The fourth-order valence-electron chi connectivity index (χ4n) is 6.50. The molecule has 57 heavy (non-hydrogen) atoms. The first kappa shape index (κ1) is 55.5. The van der Waals surface area contributed by atoms with Gasteiger partial charge in [0.1, 0.15) is 13.2 Å². The predicted octanol–water partition coefficient (Wildman–Crippen LogP) is 13.2. The number of aliphatic hydroxyl groups excluding tert-OH is 1. The molecule has 0 aromatic carbocycles. The minimum absolute atomic E-state index is 0.0533. The van der Waals surface area contributed by atoms with E-state index in [1.54, 1.807) is 6.08 Å². The number of carbonyl (C=O) groups is 1. The Morgan fingerprint density at radius 1 is 0.596 bits per heavy atom. The summed E-state index contributed by atoms with van der Waals surface area (Å²) in [5, 5.41) is 13.8. The zero-order valence-electron chi connectivity index (χ0n) is 37.8. The molecule has 0 aromatic heterocycles. The van der Waals surface area contributed by atoms with Crippen molar-refractivity contribution in [3.05, 3.63) is 48.6 Å². The van der Waals surface area contributed by atoms with E-state index >= 15 is 0 Å². The number of quaternary nitrogens is 1. The number of allylic oxidation sites excluding steroid dienone is 7. The lowest BCUT2D eigenvalue weighted by Gasteiger charge is -2.25. The number of hydrogen-bond donors (Lipinski definition) is 3. The molecule has 0 saturated carbocycles. The van der Waals surface area contributed by atoms with Gasteiger partial charge in [-0.1, -0.05) is 178 Å². The van der Waals surface area contributed by atoms with Crippen LogP contribution in [0.3, 0.4) is 0 Å². The third kappa shape index (κ3) is 42.4. The summed E-state index contributed by atoms with van der Waals surface area (Å²) in [7, 11) is 1.55. The van der Waals surface area contributed by atoms with E-state index in [0.29, 0.717) is 17.4 Å². The third-order valence-electron chi connectivity index (χ3n) is 10.3. The Kier molecular flexibility index (Phi) is 38.8. The van der Waals surface area contributed by atoms with E-state index in [1.807, 2.05) is 27.2 Å². The quantitative estimate of drug-likeness (QED) is 0.0245. The summed E-state index contributed by atoms with van der Waals surface area (Å²) < 4.78 is 23.6. The molecule has 8 nitrogen and oxygen atoms in total. The van der Waals surface area contributed by atoms with Crippen molar-refractivity contribution in [2.45, 2.75) is 212 Å². The second-order valence-electron chi connectivity index (χ2n) is 17.1. The normalized spacial score (nSPS) is 14.7. The van der Waals surface area contributed by atoms with Crippen molar-refractivity contribution in [3.63, 3.8) is 0 Å². The highest BCUT2D eigenvalue weighted by atomic mass is 31.2. The number of phosphoric ester groups is 1. The van der Waals surface area contributed by atoms with Crippen LogP contribution in [0.15, 0.2) is 48.6 Å². The zero-order chi connectivity index (χ0) is 42.1. The summed E-state index contributed by atoms with van der Waals surface area (Å²) in [5.41, 5.74) is 0. The Labute approximate surface area is 352 Å². The molecule has 3 unspecified atom stereocenters. The van der Waals surface area contributed by atoms with Crippen LogP contribution in [0.2, 0.25) is 0 Å². The lowest BCUT2D eigenvalue weighted by Crippen LogP contribution is -2.45. The highest BCUT2D eigenvalue weighted by Gasteiger charge is 2.27. The summed E-state index contributed by atoms with van der Waals surface area (Å²) in [5.74, 6) is -0.196. The van der Waals surface area contributed by atoms with Gasteiger partial charge in [0.2, 0.25) is 5.91 Å². The molecule has 0 bridgehead atoms. The van der Waals surface area contributed by atoms with Gasteiger partial charge in [0, 0.05) is 6.42 Å². The largest absolute Gasteiger partial charge is 0.472 e. The van der Waals surface area contributed by atoms with Gasteiger partial charge < -0.3 is 19.8 Å². The minimum atomic E-state index is -4.35. The number of carbonyl (C=O) groups excluding carboxylic acids is 1. The van der Waals surface area contributed by atoms with Crippen LogP contribution in [-0.2, 0) is 18.4 Å². The van der Waals surface area contributed by atoms with Gasteiger partial charge in [-0.2, -0.15) is 0 Å². The summed E-state index contributed by atoms with van der Waals surface area (Å²) in [4.78, 5) is 23.1. The molecular weight excluding hydrogens is 732 g/mol. The third-order valence-corrected chi connectivity index (χ3v) is 11.3. The van der Waals surface area contributed by atoms with E-state index in [9.17, 15) is 19.4 Å². The Bertz CT molecular complexity index is 1070. The molecule has 0 fully saturated rings. The van der Waals surface area contributed by atoms with E-state index in [0.717, 1.165) is 51.4 Å². The van der Waals surface area contributed by atoms with Gasteiger partial charge in [0.05, 0.1) is 39.9 Å². The molecule has 0 saturated heterocycles. The first-order valence-corrected chi connectivity index (χ1v) is 25.0. The monoisotopic (exact) mass is 824 g/mol. The molecule has 0 aliphatic rings. The number of unbranched alkanes of at least 4 members (excludes halogenated alkanes) is 23. The maximum Gasteiger partial charge on any atom is 0.472 e. The van der Waals surface area contributed by atoms with Gasteiger partial charge in [-0.15, -0.1) is 0 Å². The highest BCUT2D eigenvalue weighted by molar-refractivity contribution is 7.47. The van der Waals surface area contributed by atoms with Crippen LogP contribution >= 0.6 is 7.82 Å². The molecule has 0 radical (unpaired) electrons. The van der Waals surface area contributed by atoms with Gasteiger partial charge in [-0.05, 0) is 64.2 Å². The smallest absolute Gasteiger partial charge is 0.387 e. The van der Waals surface area contributed by atoms with Gasteiger partial charge >= 0.3 is 7.82 Å². The Morgan fingerprint density at radius 2 is 1.02 bits per heavy atom. The van der Waals surface area contributed by atoms with Crippen LogP contribution in [0.5, 0.6) is 0 Å². The molecular formula is C48H92N2O6P+. The number of nitrogens with one attached hydrogen (secondary N) is 1. The number of likely N-dealkylation sites (N-methyl/N-ethyl adjacent to an activating group) is 1. The van der Waals surface area contributed by atoms with Crippen molar-refractivity contribution >= 4 is 13.7 Å². The van der Waals surface area contributed by atoms with Crippen molar-refractivity contribution in [2.75, 3.05) is 40.9 Å². The van der Waals surface area contributed by atoms with Crippen molar-refractivity contribution in [1.29, 1.82) is 0 Å². The molecule has 0 spiro atoms. The standard InChI is InChI=1S/C48H91N2O6P/c1-6-8-10-12-14-16-18-20-22-24-26-27-29-31-33-35-37-39-41-47(51)46(45-56-57(53,54)55-44-43-50(3,4)5)49-48(52)42-40-38-36-34-32-30-28-25-23-21-19-17-15-13-11-9-7-2/h15,17,21,23,31,33,39,41,46-47,51H,6-14,16,18-20,22,24-30,32,34-38,40,42-45H2,1-5H3,(H-,49,52,53,54)/p+1/b17-15-,23-21-,33-31+,41-39+. The number of amides is 1. The predicted molar refractivity (Wildman–Crippen MR) is 244 cm³/mol. The molecule has 0 aliphatic heterocycles. The van der Waals surface area contributed by atoms with Crippen molar-refractivity contribution in [1.82, 2.24) is 5.32 Å². The summed E-state index contributed by atoms with van der Waals surface area (Å²) in [6.45, 7) is 4.76. The molecule has 0 aliphatic carbocycles. The van der Waals surface area contributed by atoms with Gasteiger partial charge in [-0.3, -0.25) is 13.8 Å². The van der Waals surface area contributed by atoms with E-state index in [2.05, 4.69) is 55.6 Å². The first-order chi connectivity index (χ1) is 27.5. The maximum absolute atomic E-state index is 12.9. The number of aliphatic hydroxyl groups is 1. The SMILES string of the molecule is CCCCC/C=C\C/C=C\CCCCCCCCCC(=O)NC(COP(=O)(O)OCC[N+](C)(C)C)C(O)/C=C/CC/C=C/CCCCCCCCCCCCCC. The fourth-order valence-corrected chi connectivity index (χ4v) is 7.23. The number of hydrogen-bond acceptors (Lipinski definition) is 5. The molecule has 9 heteroatoms. The topological polar surface area (TPSA) is 105 Å². The van der Waals surface area contributed by atoms with E-state index in [1.165, 1.54) is 128 Å². The summed E-state index contributed by atoms with van der Waals surface area (Å²) >= 11 is 0. The average molecular weight is 824 g/mol. The first-order valence-electron chi connectivity index (χ1n) is 23.5. The number of nitrogens with zero attached hydrogens (tertiary/aromatic N) is 1. The Balaban J connectivity index is 4.46. The van der Waals surface area contributed by atoms with Crippen LogP contribution in [0.25, 0.3) is 0 Å². The Morgan fingerprint density at radius 3 is 1.54 bits per heavy atom. The number of phosphoric acid groups is 1. The maximum atomic E-state index is 12.9. The summed E-state index contributed by atoms with van der Waals surface area (Å²) in [6.07, 6.45) is 50.4. The van der Waals surface area contributed by atoms with Crippen LogP contribution in [0.1, 0.15) is 200 Å². The second kappa shape index (κ2) is 39.9. The zero-order valence-corrected chi connectivity index (χ0v) is 38.7. The second-order valence-corrected chi connectivity index (χ2v) is 18.6. The van der Waals surface area contributed by atoms with E-state index in [-0.39, 0.29) is 19.1 Å².